The van der Waals surface area contributed by atoms with Gasteiger partial charge in [0.2, 0.25) is 5.91 Å². The van der Waals surface area contributed by atoms with Gasteiger partial charge in [0.1, 0.15) is 17.8 Å². The third-order valence-electron chi connectivity index (χ3n) is 3.24. The summed E-state index contributed by atoms with van der Waals surface area (Å²) in [7, 11) is 1.61. The molecule has 1 aliphatic carbocycles. The van der Waals surface area contributed by atoms with Crippen LogP contribution in [0.25, 0.3) is 11.0 Å². The number of hydrogen-bond acceptors (Lipinski definition) is 3. The first-order valence-electron chi connectivity index (χ1n) is 6.24. The SMILES string of the molecule is COc1cccc2c1[nH]c(=S)n2CC(=O)NC1CC1. The summed E-state index contributed by atoms with van der Waals surface area (Å²) in [5.74, 6) is 0.729. The van der Waals surface area contributed by atoms with Crippen molar-refractivity contribution in [3.8, 4) is 5.75 Å². The Morgan fingerprint density at radius 1 is 1.58 bits per heavy atom. The van der Waals surface area contributed by atoms with Crippen LogP contribution < -0.4 is 10.1 Å². The molecule has 3 rings (SSSR count). The quantitative estimate of drug-likeness (QED) is 0.840. The zero-order valence-electron chi connectivity index (χ0n) is 10.6. The third-order valence-corrected chi connectivity index (χ3v) is 3.56. The molecule has 0 radical (unpaired) electrons. The Balaban J connectivity index is 1.96. The lowest BCUT2D eigenvalue weighted by Gasteiger charge is -2.06. The molecular formula is C13H15N3O2S. The number of imidazole rings is 1. The highest BCUT2D eigenvalue weighted by atomic mass is 32.1. The number of benzene rings is 1. The first kappa shape index (κ1) is 12.2. The fourth-order valence-corrected chi connectivity index (χ4v) is 2.39. The summed E-state index contributed by atoms with van der Waals surface area (Å²) >= 11 is 5.28. The molecule has 1 saturated carbocycles. The van der Waals surface area contributed by atoms with E-state index < -0.39 is 0 Å². The Morgan fingerprint density at radius 2 is 2.37 bits per heavy atom. The van der Waals surface area contributed by atoms with Crippen LogP contribution in [0.2, 0.25) is 0 Å². The molecule has 1 amide bonds. The Bertz CT molecular complexity index is 685. The van der Waals surface area contributed by atoms with E-state index in [1.807, 2.05) is 18.2 Å². The minimum absolute atomic E-state index is 0.00215. The van der Waals surface area contributed by atoms with E-state index >= 15 is 0 Å². The summed E-state index contributed by atoms with van der Waals surface area (Å²) in [5, 5.41) is 2.96. The van der Waals surface area contributed by atoms with E-state index in [2.05, 4.69) is 10.3 Å². The normalized spacial score (nSPS) is 14.6. The predicted molar refractivity (Wildman–Crippen MR) is 74.8 cm³/mol. The van der Waals surface area contributed by atoms with Gasteiger partial charge >= 0.3 is 0 Å². The predicted octanol–water partition coefficient (Wildman–Crippen LogP) is 1.99. The number of para-hydroxylation sites is 1. The lowest BCUT2D eigenvalue weighted by molar-refractivity contribution is -0.121. The Hall–Kier alpha value is -1.82. The van der Waals surface area contributed by atoms with E-state index in [0.29, 0.717) is 10.8 Å². The topological polar surface area (TPSA) is 59.0 Å². The standard InChI is InChI=1S/C13H15N3O2S/c1-18-10-4-2-3-9-12(10)15-13(19)16(9)7-11(17)14-8-5-6-8/h2-4,8H,5-7H2,1H3,(H,14,17)(H,15,19). The van der Waals surface area contributed by atoms with Crippen molar-refractivity contribution < 1.29 is 9.53 Å². The van der Waals surface area contributed by atoms with Crippen molar-refractivity contribution in [1.29, 1.82) is 0 Å². The molecule has 0 saturated heterocycles. The van der Waals surface area contributed by atoms with E-state index in [9.17, 15) is 4.79 Å². The number of H-pyrrole nitrogens is 1. The van der Waals surface area contributed by atoms with Gasteiger partial charge in [0.05, 0.1) is 12.6 Å². The summed E-state index contributed by atoms with van der Waals surface area (Å²) in [4.78, 5) is 15.0. The molecule has 0 aliphatic heterocycles. The van der Waals surface area contributed by atoms with Crippen molar-refractivity contribution in [2.24, 2.45) is 0 Å². The van der Waals surface area contributed by atoms with Crippen molar-refractivity contribution in [2.75, 3.05) is 7.11 Å². The van der Waals surface area contributed by atoms with E-state index in [4.69, 9.17) is 17.0 Å². The highest BCUT2D eigenvalue weighted by molar-refractivity contribution is 7.71. The second kappa shape index (κ2) is 4.70. The second-order valence-corrected chi connectivity index (χ2v) is 5.10. The van der Waals surface area contributed by atoms with Crippen LogP contribution in [0.3, 0.4) is 0 Å². The number of rotatable bonds is 4. The lowest BCUT2D eigenvalue weighted by Crippen LogP contribution is -2.29. The summed E-state index contributed by atoms with van der Waals surface area (Å²) < 4.78 is 7.61. The van der Waals surface area contributed by atoms with E-state index in [-0.39, 0.29) is 12.5 Å². The van der Waals surface area contributed by atoms with Gasteiger partial charge in [-0.15, -0.1) is 0 Å². The first-order valence-corrected chi connectivity index (χ1v) is 6.65. The number of aromatic amines is 1. The monoisotopic (exact) mass is 277 g/mol. The molecule has 1 heterocycles. The maximum Gasteiger partial charge on any atom is 0.240 e. The minimum Gasteiger partial charge on any atom is -0.494 e. The molecule has 0 spiro atoms. The molecule has 6 heteroatoms. The first-order chi connectivity index (χ1) is 9.19. The number of carbonyl (C=O) groups is 1. The number of fused-ring (bicyclic) bond motifs is 1. The molecule has 100 valence electrons. The fourth-order valence-electron chi connectivity index (χ4n) is 2.13. The molecule has 1 aromatic carbocycles. The Morgan fingerprint density at radius 3 is 3.05 bits per heavy atom. The van der Waals surface area contributed by atoms with Gasteiger partial charge < -0.3 is 19.6 Å². The van der Waals surface area contributed by atoms with Gasteiger partial charge in [-0.25, -0.2) is 0 Å². The number of hydrogen-bond donors (Lipinski definition) is 2. The lowest BCUT2D eigenvalue weighted by atomic mass is 10.3. The highest BCUT2D eigenvalue weighted by Crippen LogP contribution is 2.24. The molecule has 19 heavy (non-hydrogen) atoms. The molecule has 1 aromatic heterocycles. The number of methoxy groups -OCH3 is 1. The van der Waals surface area contributed by atoms with Crippen LogP contribution in [0.5, 0.6) is 5.75 Å². The van der Waals surface area contributed by atoms with Gasteiger partial charge in [-0.3, -0.25) is 4.79 Å². The molecule has 1 aliphatic rings. The Kier molecular flexibility index (Phi) is 3.02. The average Bonchev–Trinajstić information content (AvgIpc) is 3.14. The third kappa shape index (κ3) is 2.35. The van der Waals surface area contributed by atoms with Crippen LogP contribution >= 0.6 is 12.2 Å². The van der Waals surface area contributed by atoms with Crippen LogP contribution in [0.1, 0.15) is 12.8 Å². The zero-order valence-corrected chi connectivity index (χ0v) is 11.4. The summed E-state index contributed by atoms with van der Waals surface area (Å²) in [6.45, 7) is 0.239. The van der Waals surface area contributed by atoms with Crippen LogP contribution in [0.4, 0.5) is 0 Å². The van der Waals surface area contributed by atoms with Crippen LogP contribution in [0.15, 0.2) is 18.2 Å². The van der Waals surface area contributed by atoms with Gasteiger partial charge in [0.25, 0.3) is 0 Å². The largest absolute Gasteiger partial charge is 0.494 e. The molecule has 0 bridgehead atoms. The molecule has 2 N–H and O–H groups in total. The van der Waals surface area contributed by atoms with Crippen molar-refractivity contribution in [1.82, 2.24) is 14.9 Å². The molecule has 2 aromatic rings. The molecular weight excluding hydrogens is 262 g/mol. The fraction of sp³-hybridized carbons (Fsp3) is 0.385. The van der Waals surface area contributed by atoms with Crippen LogP contribution in [-0.4, -0.2) is 28.6 Å². The van der Waals surface area contributed by atoms with Gasteiger partial charge in [-0.2, -0.15) is 0 Å². The van der Waals surface area contributed by atoms with Crippen LogP contribution in [-0.2, 0) is 11.3 Å². The molecule has 0 atom stereocenters. The summed E-state index contributed by atoms with van der Waals surface area (Å²) in [5.41, 5.74) is 1.71. The van der Waals surface area contributed by atoms with Gasteiger partial charge in [0, 0.05) is 6.04 Å². The number of ether oxygens (including phenoxy) is 1. The average molecular weight is 277 g/mol. The molecule has 0 unspecified atom stereocenters. The molecule has 5 nitrogen and oxygen atoms in total. The zero-order chi connectivity index (χ0) is 13.4. The van der Waals surface area contributed by atoms with Gasteiger partial charge in [0.15, 0.2) is 4.77 Å². The number of aromatic nitrogens is 2. The van der Waals surface area contributed by atoms with E-state index in [1.54, 1.807) is 11.7 Å². The second-order valence-electron chi connectivity index (χ2n) is 4.71. The number of amides is 1. The minimum atomic E-state index is 0.00215. The van der Waals surface area contributed by atoms with Crippen LogP contribution in [0, 0.1) is 4.77 Å². The number of nitrogens with zero attached hydrogens (tertiary/aromatic N) is 1. The summed E-state index contributed by atoms with van der Waals surface area (Å²) in [6.07, 6.45) is 2.16. The van der Waals surface area contributed by atoms with E-state index in [0.717, 1.165) is 29.6 Å². The van der Waals surface area contributed by atoms with Crippen molar-refractivity contribution in [2.45, 2.75) is 25.4 Å². The van der Waals surface area contributed by atoms with Gasteiger partial charge in [-0.05, 0) is 37.2 Å². The van der Waals surface area contributed by atoms with Crippen molar-refractivity contribution >= 4 is 29.2 Å². The Labute approximate surface area is 115 Å². The summed E-state index contributed by atoms with van der Waals surface area (Å²) in [6, 6.07) is 6.04. The van der Waals surface area contributed by atoms with Crippen molar-refractivity contribution in [3.05, 3.63) is 23.0 Å². The number of nitrogens with one attached hydrogen (secondary N) is 2. The maximum atomic E-state index is 11.9. The highest BCUT2D eigenvalue weighted by Gasteiger charge is 2.23. The van der Waals surface area contributed by atoms with Crippen molar-refractivity contribution in [3.63, 3.8) is 0 Å². The van der Waals surface area contributed by atoms with E-state index in [1.165, 1.54) is 0 Å². The maximum absolute atomic E-state index is 11.9. The molecule has 1 fully saturated rings. The number of carbonyl (C=O) groups excluding carboxylic acids is 1. The van der Waals surface area contributed by atoms with Gasteiger partial charge in [-0.1, -0.05) is 6.07 Å². The smallest absolute Gasteiger partial charge is 0.240 e.